The molecule has 2 fully saturated rings. The summed E-state index contributed by atoms with van der Waals surface area (Å²) in [4.78, 5) is 118. The Labute approximate surface area is 368 Å². The first-order chi connectivity index (χ1) is 30.3. The molecule has 1 aromatic carbocycles. The number of nitrogens with two attached hydrogens (primary N) is 1. The second-order valence-corrected chi connectivity index (χ2v) is 16.7. The van der Waals surface area contributed by atoms with Crippen molar-refractivity contribution in [1.82, 2.24) is 41.5 Å². The Bertz CT molecular complexity index is 2150. The smallest absolute Gasteiger partial charge is 0.336 e. The van der Waals surface area contributed by atoms with E-state index in [9.17, 15) is 38.4 Å². The lowest BCUT2D eigenvalue weighted by Crippen LogP contribution is -2.59. The van der Waals surface area contributed by atoms with Gasteiger partial charge in [0, 0.05) is 68.7 Å². The number of aromatic nitrogens is 2. The first-order valence-corrected chi connectivity index (χ1v) is 22.5. The van der Waals surface area contributed by atoms with Gasteiger partial charge < -0.3 is 56.3 Å². The van der Waals surface area contributed by atoms with Crippen molar-refractivity contribution in [2.75, 3.05) is 57.2 Å². The van der Waals surface area contributed by atoms with Crippen molar-refractivity contribution in [2.24, 2.45) is 5.73 Å². The second-order valence-electron chi connectivity index (χ2n) is 15.8. The molecule has 0 spiro atoms. The highest BCUT2D eigenvalue weighted by Crippen LogP contribution is 2.24. The molecule has 342 valence electrons. The number of carbonyl (C=O) groups excluding carboxylic acids is 7. The number of benzene rings is 1. The van der Waals surface area contributed by atoms with E-state index < -0.39 is 77.9 Å². The Balaban J connectivity index is 1.31. The largest absolute Gasteiger partial charge is 0.451 e. The number of imidazole rings is 1. The predicted octanol–water partition coefficient (Wildman–Crippen LogP) is -0.367. The maximum absolute atomic E-state index is 14.0. The number of cyclic esters (lactones) is 1. The van der Waals surface area contributed by atoms with Gasteiger partial charge in [0.15, 0.2) is 6.10 Å². The van der Waals surface area contributed by atoms with Gasteiger partial charge in [0.25, 0.3) is 5.91 Å². The van der Waals surface area contributed by atoms with E-state index in [0.29, 0.717) is 53.7 Å². The van der Waals surface area contributed by atoms with Crippen LogP contribution >= 0.6 is 11.8 Å². The number of ether oxygens (including phenoxy) is 1. The average Bonchev–Trinajstić information content (AvgIpc) is 3.97. The van der Waals surface area contributed by atoms with Gasteiger partial charge in [0.05, 0.1) is 12.7 Å². The van der Waals surface area contributed by atoms with Crippen molar-refractivity contribution in [2.45, 2.75) is 94.5 Å². The van der Waals surface area contributed by atoms with Crippen molar-refractivity contribution in [3.05, 3.63) is 58.5 Å². The molecule has 5 rings (SSSR count). The highest BCUT2D eigenvalue weighted by atomic mass is 32.2. The molecule has 0 bridgehead atoms. The van der Waals surface area contributed by atoms with Gasteiger partial charge >= 0.3 is 11.6 Å². The Morgan fingerprint density at radius 1 is 0.937 bits per heavy atom. The second kappa shape index (κ2) is 23.5. The topological polar surface area (TPSA) is 280 Å². The molecule has 3 aromatic rings. The summed E-state index contributed by atoms with van der Waals surface area (Å²) < 4.78 is 11.0. The van der Waals surface area contributed by atoms with Gasteiger partial charge in [-0.05, 0) is 87.6 Å². The van der Waals surface area contributed by atoms with Crippen molar-refractivity contribution >= 4 is 69.8 Å². The van der Waals surface area contributed by atoms with Crippen LogP contribution in [-0.4, -0.2) is 139 Å². The van der Waals surface area contributed by atoms with Crippen molar-refractivity contribution < 1.29 is 42.7 Å². The van der Waals surface area contributed by atoms with Gasteiger partial charge in [0.2, 0.25) is 29.5 Å². The first kappa shape index (κ1) is 48.1. The molecule has 0 unspecified atom stereocenters. The average molecular weight is 895 g/mol. The molecule has 2 aliphatic rings. The molecular weight excluding hydrogens is 837 g/mol. The number of unbranched alkanes of at least 4 members (excludes halogenated alkanes) is 1. The number of esters is 1. The van der Waals surface area contributed by atoms with Gasteiger partial charge in [0.1, 0.15) is 36.3 Å². The zero-order valence-electron chi connectivity index (χ0n) is 35.9. The van der Waals surface area contributed by atoms with Gasteiger partial charge in [-0.3, -0.25) is 33.6 Å². The zero-order chi connectivity index (χ0) is 45.5. The number of rotatable bonds is 16. The van der Waals surface area contributed by atoms with Crippen molar-refractivity contribution in [1.29, 1.82) is 0 Å². The van der Waals surface area contributed by atoms with Crippen LogP contribution in [0.2, 0.25) is 0 Å². The molecule has 5 atom stereocenters. The fraction of sp³-hybridized carbons (Fsp3) is 0.548. The number of H-pyrrole nitrogens is 1. The van der Waals surface area contributed by atoms with Gasteiger partial charge in [-0.1, -0.05) is 0 Å². The molecule has 63 heavy (non-hydrogen) atoms. The van der Waals surface area contributed by atoms with E-state index in [4.69, 9.17) is 14.9 Å². The van der Waals surface area contributed by atoms with Crippen LogP contribution in [-0.2, 0) is 51.1 Å². The molecule has 20 nitrogen and oxygen atoms in total. The highest BCUT2D eigenvalue weighted by molar-refractivity contribution is 7.98. The number of hydrogen-bond donors (Lipinski definition) is 7. The monoisotopic (exact) mass is 894 g/mol. The normalized spacial score (nSPS) is 21.7. The number of fused-ring (bicyclic) bond motifs is 2. The summed E-state index contributed by atoms with van der Waals surface area (Å²) in [6, 6.07) is 2.31. The Morgan fingerprint density at radius 3 is 2.43 bits per heavy atom. The van der Waals surface area contributed by atoms with Gasteiger partial charge in [-0.25, -0.2) is 9.78 Å². The number of aromatic amines is 1. The zero-order valence-corrected chi connectivity index (χ0v) is 36.7. The molecule has 2 saturated heterocycles. The lowest BCUT2D eigenvalue weighted by Gasteiger charge is -2.30. The number of amides is 6. The van der Waals surface area contributed by atoms with E-state index in [1.807, 2.05) is 31.3 Å². The fourth-order valence-corrected chi connectivity index (χ4v) is 7.98. The quantitative estimate of drug-likeness (QED) is 0.0550. The van der Waals surface area contributed by atoms with Crippen molar-refractivity contribution in [3.8, 4) is 0 Å². The Kier molecular flexibility index (Phi) is 17.9. The van der Waals surface area contributed by atoms with E-state index >= 15 is 0 Å². The van der Waals surface area contributed by atoms with Gasteiger partial charge in [-0.2, -0.15) is 11.8 Å². The molecule has 0 aliphatic carbocycles. The summed E-state index contributed by atoms with van der Waals surface area (Å²) >= 11 is 1.48. The van der Waals surface area contributed by atoms with E-state index in [1.54, 1.807) is 12.1 Å². The molecule has 0 saturated carbocycles. The summed E-state index contributed by atoms with van der Waals surface area (Å²) in [6.07, 6.45) is 5.37. The number of nitrogens with zero attached hydrogens (tertiary/aromatic N) is 3. The van der Waals surface area contributed by atoms with Crippen molar-refractivity contribution in [3.63, 3.8) is 0 Å². The van der Waals surface area contributed by atoms with E-state index in [2.05, 4.69) is 36.6 Å². The standard InChI is InChI=1S/C42H58N10O10S/c1-51(2)27-11-12-28-25(19-36(54)62-34(28)21-27)18-35(53)45-15-5-4-10-33-41(59)48-29(8-6-14-43)38(56)50-31(20-26-22-44-24-47-26)39(57)49-30(13-17-63-3)42(60)52-16-7-9-32(52)40(58)46-23-37(55)61-33/h11-12,19,21-22,24,29-33H,4-10,13-18,20,23,43H2,1-3H3,(H,44,47)(H,45,53)(H,46,58)(H,48,59)(H,49,57)(H,50,56)/t29-,30-,31-,32-,33-/m0/s1. The van der Waals surface area contributed by atoms with Crippen LogP contribution in [0, 0.1) is 0 Å². The van der Waals surface area contributed by atoms with E-state index in [-0.39, 0.29) is 64.1 Å². The number of thioether (sulfide) groups is 1. The van der Waals surface area contributed by atoms with Crippen LogP contribution < -0.4 is 42.8 Å². The maximum Gasteiger partial charge on any atom is 0.336 e. The SMILES string of the molecule is CSCC[C@@H]1NC(=O)[C@H](Cc2cnc[nH]2)NC(=O)[C@H](CCCN)NC(=O)[C@H](CCCCNC(=O)Cc2cc(=O)oc3cc(N(C)C)ccc23)OC(=O)CNC(=O)[C@@H]2CCCN2C1=O. The number of hydrogen-bond acceptors (Lipinski definition) is 14. The fourth-order valence-electron chi connectivity index (χ4n) is 7.50. The van der Waals surface area contributed by atoms with Crippen LogP contribution in [0.3, 0.4) is 0 Å². The summed E-state index contributed by atoms with van der Waals surface area (Å²) in [5, 5.41) is 14.2. The Morgan fingerprint density at radius 2 is 1.70 bits per heavy atom. The molecule has 0 radical (unpaired) electrons. The lowest BCUT2D eigenvalue weighted by molar-refractivity contribution is -0.156. The minimum absolute atomic E-state index is 0.0155. The Hall–Kier alpha value is -5.96. The highest BCUT2D eigenvalue weighted by Gasteiger charge is 2.39. The van der Waals surface area contributed by atoms with Crippen LogP contribution in [0.25, 0.3) is 11.0 Å². The van der Waals surface area contributed by atoms with Crippen LogP contribution in [0.15, 0.2) is 46.0 Å². The van der Waals surface area contributed by atoms with Crippen LogP contribution in [0.5, 0.6) is 0 Å². The third-order valence-electron chi connectivity index (χ3n) is 10.9. The van der Waals surface area contributed by atoms with Gasteiger partial charge in [-0.15, -0.1) is 0 Å². The minimum Gasteiger partial charge on any atom is -0.451 e. The predicted molar refractivity (Wildman–Crippen MR) is 234 cm³/mol. The third-order valence-corrected chi connectivity index (χ3v) is 11.5. The van der Waals surface area contributed by atoms with Crippen LogP contribution in [0.4, 0.5) is 5.69 Å². The first-order valence-electron chi connectivity index (χ1n) is 21.1. The summed E-state index contributed by atoms with van der Waals surface area (Å²) in [6.45, 7) is 0.0330. The summed E-state index contributed by atoms with van der Waals surface area (Å²) in [5.41, 5.74) is 7.41. The minimum atomic E-state index is -1.41. The van der Waals surface area contributed by atoms with Crippen LogP contribution in [0.1, 0.15) is 62.6 Å². The third kappa shape index (κ3) is 13.8. The molecule has 8 N–H and O–H groups in total. The molecule has 2 aliphatic heterocycles. The van der Waals surface area contributed by atoms with E-state index in [0.717, 1.165) is 5.69 Å². The molecule has 21 heteroatoms. The number of nitrogens with one attached hydrogen (secondary N) is 6. The number of carbonyl (C=O) groups is 7. The number of anilines is 1. The molecule has 6 amide bonds. The molecule has 4 heterocycles. The molecule has 2 aromatic heterocycles. The molecular formula is C42H58N10O10S. The maximum atomic E-state index is 14.0. The van der Waals surface area contributed by atoms with E-state index in [1.165, 1.54) is 35.3 Å². The lowest BCUT2D eigenvalue weighted by atomic mass is 10.1. The summed E-state index contributed by atoms with van der Waals surface area (Å²) in [7, 11) is 3.71. The summed E-state index contributed by atoms with van der Waals surface area (Å²) in [5.74, 6) is -3.94.